The summed E-state index contributed by atoms with van der Waals surface area (Å²) in [6.45, 7) is 0.399. The van der Waals surface area contributed by atoms with Crippen LogP contribution in [0.3, 0.4) is 0 Å². The third-order valence-corrected chi connectivity index (χ3v) is 1.37. The fourth-order valence-electron chi connectivity index (χ4n) is 0.482. The Labute approximate surface area is 71.6 Å². The van der Waals surface area contributed by atoms with Crippen molar-refractivity contribution in [3.63, 3.8) is 0 Å². The molecule has 0 aromatic rings. The van der Waals surface area contributed by atoms with E-state index in [4.69, 9.17) is 0 Å². The van der Waals surface area contributed by atoms with E-state index in [-0.39, 0.29) is 6.42 Å². The summed E-state index contributed by atoms with van der Waals surface area (Å²) in [6, 6.07) is 0. The molecule has 0 aliphatic rings. The van der Waals surface area contributed by atoms with Crippen LogP contribution < -0.4 is 0 Å². The lowest BCUT2D eigenvalue weighted by Gasteiger charge is -2.03. The molecule has 0 aromatic carbocycles. The molecule has 0 aromatic heterocycles. The Bertz CT molecular complexity index is 83.5. The Morgan fingerprint density at radius 1 is 1.20 bits per heavy atom. The van der Waals surface area contributed by atoms with Gasteiger partial charge in [0.05, 0.1) is 6.61 Å². The van der Waals surface area contributed by atoms with Gasteiger partial charge in [0.2, 0.25) is 0 Å². The van der Waals surface area contributed by atoms with Crippen molar-refractivity contribution >= 4 is 23.0 Å². The second-order valence-corrected chi connectivity index (χ2v) is 2.51. The van der Waals surface area contributed by atoms with Gasteiger partial charge in [-0.3, -0.25) is 0 Å². The Morgan fingerprint density at radius 2 is 1.80 bits per heavy atom. The van der Waals surface area contributed by atoms with Gasteiger partial charge < -0.3 is 3.07 Å². The minimum absolute atomic E-state index is 0.159. The standard InChI is InChI=1S/C5H8F3IO/c6-5(7,8)3-1-2-4-10-9/h1-4H2. The Hall–Kier alpha value is 0.480. The van der Waals surface area contributed by atoms with Crippen LogP contribution in [0.4, 0.5) is 13.2 Å². The summed E-state index contributed by atoms with van der Waals surface area (Å²) in [4.78, 5) is 0. The van der Waals surface area contributed by atoms with Gasteiger partial charge in [-0.05, 0) is 12.8 Å². The number of unbranched alkanes of at least 4 members (excludes halogenated alkanes) is 1. The van der Waals surface area contributed by atoms with Gasteiger partial charge in [0.25, 0.3) is 0 Å². The molecule has 0 heterocycles. The summed E-state index contributed by atoms with van der Waals surface area (Å²) >= 11 is 1.67. The topological polar surface area (TPSA) is 9.23 Å². The summed E-state index contributed by atoms with van der Waals surface area (Å²) in [5, 5.41) is 0. The molecule has 0 saturated carbocycles. The van der Waals surface area contributed by atoms with Gasteiger partial charge in [0.15, 0.2) is 0 Å². The van der Waals surface area contributed by atoms with E-state index in [2.05, 4.69) is 3.07 Å². The van der Waals surface area contributed by atoms with Crippen LogP contribution in [0.15, 0.2) is 0 Å². The summed E-state index contributed by atoms with van der Waals surface area (Å²) in [5.74, 6) is 0. The predicted molar refractivity (Wildman–Crippen MR) is 39.9 cm³/mol. The van der Waals surface area contributed by atoms with Crippen molar-refractivity contribution in [1.29, 1.82) is 0 Å². The third-order valence-electron chi connectivity index (χ3n) is 0.932. The molecule has 0 atom stereocenters. The fourth-order valence-corrected chi connectivity index (χ4v) is 0.793. The minimum atomic E-state index is -4.01. The molecule has 0 fully saturated rings. The van der Waals surface area contributed by atoms with Crippen LogP contribution in [0.1, 0.15) is 19.3 Å². The van der Waals surface area contributed by atoms with E-state index < -0.39 is 12.6 Å². The molecule has 0 unspecified atom stereocenters. The van der Waals surface area contributed by atoms with Crippen molar-refractivity contribution in [2.75, 3.05) is 6.61 Å². The van der Waals surface area contributed by atoms with E-state index in [9.17, 15) is 13.2 Å². The van der Waals surface area contributed by atoms with E-state index in [0.717, 1.165) is 0 Å². The lowest BCUT2D eigenvalue weighted by atomic mass is 10.2. The monoisotopic (exact) mass is 268 g/mol. The van der Waals surface area contributed by atoms with Crippen molar-refractivity contribution in [1.82, 2.24) is 0 Å². The molecular formula is C5H8F3IO. The van der Waals surface area contributed by atoms with Crippen molar-refractivity contribution in [3.8, 4) is 0 Å². The molecule has 0 aliphatic carbocycles. The maximum Gasteiger partial charge on any atom is 0.389 e. The van der Waals surface area contributed by atoms with E-state index >= 15 is 0 Å². The largest absolute Gasteiger partial charge is 0.389 e. The highest BCUT2D eigenvalue weighted by Gasteiger charge is 2.25. The summed E-state index contributed by atoms with van der Waals surface area (Å²) < 4.78 is 38.9. The minimum Gasteiger partial charge on any atom is -0.316 e. The third kappa shape index (κ3) is 8.48. The van der Waals surface area contributed by atoms with Gasteiger partial charge in [0.1, 0.15) is 23.0 Å². The molecule has 0 N–H and O–H groups in total. The molecule has 10 heavy (non-hydrogen) atoms. The van der Waals surface area contributed by atoms with Crippen LogP contribution in [0.5, 0.6) is 0 Å². The first-order chi connectivity index (χ1) is 4.56. The van der Waals surface area contributed by atoms with E-state index in [1.165, 1.54) is 0 Å². The average Bonchev–Trinajstić information content (AvgIpc) is 1.78. The Balaban J connectivity index is 3.04. The molecule has 1 nitrogen and oxygen atoms in total. The smallest absolute Gasteiger partial charge is 0.316 e. The maximum absolute atomic E-state index is 11.4. The second kappa shape index (κ2) is 5.17. The fraction of sp³-hybridized carbons (Fsp3) is 1.00. The SMILES string of the molecule is FC(F)(F)CCCCOI. The number of alkyl halides is 3. The van der Waals surface area contributed by atoms with Crippen LogP contribution in [-0.4, -0.2) is 12.8 Å². The van der Waals surface area contributed by atoms with Crippen LogP contribution in [0.25, 0.3) is 0 Å². The highest BCUT2D eigenvalue weighted by atomic mass is 127. The Kier molecular flexibility index (Phi) is 5.42. The quantitative estimate of drug-likeness (QED) is 0.562. The summed E-state index contributed by atoms with van der Waals surface area (Å²) in [5.41, 5.74) is 0. The number of halogens is 4. The van der Waals surface area contributed by atoms with Crippen LogP contribution in [0.2, 0.25) is 0 Å². The molecule has 0 amide bonds. The van der Waals surface area contributed by atoms with Crippen molar-refractivity contribution in [2.24, 2.45) is 0 Å². The summed E-state index contributed by atoms with van der Waals surface area (Å²) in [6.07, 6.45) is -4.08. The Morgan fingerprint density at radius 3 is 2.20 bits per heavy atom. The van der Waals surface area contributed by atoms with Crippen LogP contribution in [-0.2, 0) is 3.07 Å². The van der Waals surface area contributed by atoms with Crippen molar-refractivity contribution in [2.45, 2.75) is 25.4 Å². The van der Waals surface area contributed by atoms with Gasteiger partial charge in [-0.1, -0.05) is 0 Å². The molecule has 0 rings (SSSR count). The predicted octanol–water partition coefficient (Wildman–Crippen LogP) is 3.09. The molecule has 0 radical (unpaired) electrons. The van der Waals surface area contributed by atoms with Gasteiger partial charge >= 0.3 is 6.18 Å². The normalized spacial score (nSPS) is 12.0. The molecule has 0 bridgehead atoms. The van der Waals surface area contributed by atoms with E-state index in [0.29, 0.717) is 13.0 Å². The van der Waals surface area contributed by atoms with Gasteiger partial charge in [-0.25, -0.2) is 0 Å². The lowest BCUT2D eigenvalue weighted by Crippen LogP contribution is -2.06. The molecule has 5 heteroatoms. The molecular weight excluding hydrogens is 260 g/mol. The van der Waals surface area contributed by atoms with Crippen molar-refractivity contribution in [3.05, 3.63) is 0 Å². The number of hydrogen-bond acceptors (Lipinski definition) is 1. The zero-order chi connectivity index (χ0) is 8.04. The first-order valence-corrected chi connectivity index (χ1v) is 3.74. The number of rotatable bonds is 4. The molecule has 0 aliphatic heterocycles. The highest BCUT2D eigenvalue weighted by molar-refractivity contribution is 14.1. The molecule has 0 saturated heterocycles. The van der Waals surface area contributed by atoms with Crippen LogP contribution >= 0.6 is 23.0 Å². The van der Waals surface area contributed by atoms with Crippen LogP contribution in [0, 0.1) is 0 Å². The van der Waals surface area contributed by atoms with Gasteiger partial charge in [-0.2, -0.15) is 13.2 Å². The van der Waals surface area contributed by atoms with Gasteiger partial charge in [0, 0.05) is 6.42 Å². The van der Waals surface area contributed by atoms with Gasteiger partial charge in [-0.15, -0.1) is 0 Å². The molecule has 62 valence electrons. The summed E-state index contributed by atoms with van der Waals surface area (Å²) in [7, 11) is 0. The van der Waals surface area contributed by atoms with E-state index in [1.54, 1.807) is 23.0 Å². The van der Waals surface area contributed by atoms with E-state index in [1.807, 2.05) is 0 Å². The number of hydrogen-bond donors (Lipinski definition) is 0. The first kappa shape index (κ1) is 10.5. The average molecular weight is 268 g/mol. The maximum atomic E-state index is 11.4. The van der Waals surface area contributed by atoms with Crippen molar-refractivity contribution < 1.29 is 16.2 Å². The first-order valence-electron chi connectivity index (χ1n) is 2.86. The zero-order valence-electron chi connectivity index (χ0n) is 5.25. The highest BCUT2D eigenvalue weighted by Crippen LogP contribution is 2.22. The zero-order valence-corrected chi connectivity index (χ0v) is 7.41. The molecule has 0 spiro atoms. The second-order valence-electron chi connectivity index (χ2n) is 1.89. The lowest BCUT2D eigenvalue weighted by molar-refractivity contribution is -0.135.